The monoisotopic (exact) mass is 330 g/mol. The highest BCUT2D eigenvalue weighted by Crippen LogP contribution is 2.30. The van der Waals surface area contributed by atoms with E-state index >= 15 is 0 Å². The van der Waals surface area contributed by atoms with Gasteiger partial charge in [0.25, 0.3) is 0 Å². The molecule has 0 amide bonds. The van der Waals surface area contributed by atoms with E-state index in [1.54, 1.807) is 0 Å². The lowest BCUT2D eigenvalue weighted by molar-refractivity contribution is -0.145. The van der Waals surface area contributed by atoms with Gasteiger partial charge in [0.05, 0.1) is 5.88 Å². The predicted molar refractivity (Wildman–Crippen MR) is 90.8 cm³/mol. The Balaban J connectivity index is 2.22. The van der Waals surface area contributed by atoms with Crippen molar-refractivity contribution in [3.8, 4) is 0 Å². The van der Waals surface area contributed by atoms with Crippen LogP contribution in [0.3, 0.4) is 0 Å². The molecule has 2 aromatic carbocycles. The smallest absolute Gasteiger partial charge is 0.314 e. The summed E-state index contributed by atoms with van der Waals surface area (Å²) in [6, 6.07) is 19.8. The molecular weight excluding hydrogens is 312 g/mol. The van der Waals surface area contributed by atoms with Gasteiger partial charge in [-0.15, -0.1) is 11.6 Å². The zero-order valence-electron chi connectivity index (χ0n) is 12.7. The molecule has 0 saturated carbocycles. The van der Waals surface area contributed by atoms with Crippen molar-refractivity contribution in [3.63, 3.8) is 0 Å². The first kappa shape index (κ1) is 17.2. The van der Waals surface area contributed by atoms with E-state index in [1.807, 2.05) is 60.7 Å². The Morgan fingerprint density at radius 2 is 1.35 bits per heavy atom. The lowest BCUT2D eigenvalue weighted by Crippen LogP contribution is -2.25. The van der Waals surface area contributed by atoms with Gasteiger partial charge in [0.1, 0.15) is 5.92 Å². The highest BCUT2D eigenvalue weighted by atomic mass is 35.5. The Bertz CT molecular complexity index is 601. The number of aliphatic carboxylic acids is 1. The van der Waals surface area contributed by atoms with Crippen LogP contribution in [0, 0.1) is 5.92 Å². The third kappa shape index (κ3) is 4.67. The van der Waals surface area contributed by atoms with E-state index in [1.165, 1.54) is 0 Å². The number of halogens is 1. The Hall–Kier alpha value is -2.13. The lowest BCUT2D eigenvalue weighted by atomic mass is 9.84. The van der Waals surface area contributed by atoms with Gasteiger partial charge in [-0.3, -0.25) is 9.59 Å². The molecule has 1 atom stereocenters. The molecule has 1 N–H and O–H groups in total. The van der Waals surface area contributed by atoms with Gasteiger partial charge < -0.3 is 5.11 Å². The molecule has 1 unspecified atom stereocenters. The Labute approximate surface area is 140 Å². The van der Waals surface area contributed by atoms with Crippen LogP contribution in [-0.4, -0.2) is 22.7 Å². The van der Waals surface area contributed by atoms with E-state index in [-0.39, 0.29) is 18.2 Å². The first-order valence-corrected chi connectivity index (χ1v) is 8.08. The summed E-state index contributed by atoms with van der Waals surface area (Å²) in [5.74, 6) is -2.78. The number of Topliss-reactive ketones (excluding diaryl/α,β-unsaturated/α-hetero) is 1. The van der Waals surface area contributed by atoms with Gasteiger partial charge in [-0.05, 0) is 24.0 Å². The quantitative estimate of drug-likeness (QED) is 0.585. The number of carbonyl (C=O) groups excluding carboxylic acids is 1. The molecule has 2 rings (SSSR count). The SMILES string of the molecule is O=C(O)C(CCC(c1ccccc1)c1ccccc1)C(=O)CCl. The van der Waals surface area contributed by atoms with Crippen LogP contribution in [0.15, 0.2) is 60.7 Å². The first-order valence-electron chi connectivity index (χ1n) is 7.55. The van der Waals surface area contributed by atoms with Gasteiger partial charge in [0, 0.05) is 5.92 Å². The summed E-state index contributed by atoms with van der Waals surface area (Å²) in [6.07, 6.45) is 0.850. The largest absolute Gasteiger partial charge is 0.481 e. The van der Waals surface area contributed by atoms with Crippen LogP contribution in [0.2, 0.25) is 0 Å². The van der Waals surface area contributed by atoms with Gasteiger partial charge in [-0.1, -0.05) is 60.7 Å². The standard InChI is InChI=1S/C19H19ClO3/c20-13-18(21)17(19(22)23)12-11-16(14-7-3-1-4-8-14)15-9-5-2-6-10-15/h1-10,16-17H,11-13H2,(H,22,23). The molecule has 120 valence electrons. The minimum Gasteiger partial charge on any atom is -0.481 e. The second kappa shape index (κ2) is 8.49. The van der Waals surface area contributed by atoms with Crippen molar-refractivity contribution in [2.45, 2.75) is 18.8 Å². The highest BCUT2D eigenvalue weighted by molar-refractivity contribution is 6.29. The Morgan fingerprint density at radius 1 is 0.870 bits per heavy atom. The number of hydrogen-bond donors (Lipinski definition) is 1. The number of rotatable bonds is 8. The number of benzene rings is 2. The number of ketones is 1. The summed E-state index contributed by atoms with van der Waals surface area (Å²) in [5, 5.41) is 9.25. The van der Waals surface area contributed by atoms with Crippen LogP contribution < -0.4 is 0 Å². The van der Waals surface area contributed by atoms with Crippen LogP contribution in [0.25, 0.3) is 0 Å². The van der Waals surface area contributed by atoms with Crippen LogP contribution in [0.4, 0.5) is 0 Å². The third-order valence-corrected chi connectivity index (χ3v) is 4.23. The summed E-state index contributed by atoms with van der Waals surface area (Å²) in [6.45, 7) is 0. The Kier molecular flexibility index (Phi) is 6.36. The molecule has 0 fully saturated rings. The third-order valence-electron chi connectivity index (χ3n) is 3.97. The van der Waals surface area contributed by atoms with Crippen molar-refractivity contribution in [2.24, 2.45) is 5.92 Å². The maximum Gasteiger partial charge on any atom is 0.314 e. The second-order valence-corrected chi connectivity index (χ2v) is 5.71. The zero-order valence-corrected chi connectivity index (χ0v) is 13.4. The second-order valence-electron chi connectivity index (χ2n) is 5.44. The Morgan fingerprint density at radius 3 is 1.74 bits per heavy atom. The summed E-state index contributed by atoms with van der Waals surface area (Å²) < 4.78 is 0. The zero-order chi connectivity index (χ0) is 16.7. The van der Waals surface area contributed by atoms with Gasteiger partial charge in [-0.2, -0.15) is 0 Å². The molecular formula is C19H19ClO3. The van der Waals surface area contributed by atoms with Gasteiger partial charge in [0.2, 0.25) is 0 Å². The minimum atomic E-state index is -1.10. The lowest BCUT2D eigenvalue weighted by Gasteiger charge is -2.20. The van der Waals surface area contributed by atoms with Crippen LogP contribution in [0.5, 0.6) is 0 Å². The summed E-state index contributed by atoms with van der Waals surface area (Å²) >= 11 is 5.53. The van der Waals surface area contributed by atoms with E-state index < -0.39 is 17.7 Å². The number of carboxylic acids is 1. The van der Waals surface area contributed by atoms with Gasteiger partial charge >= 0.3 is 5.97 Å². The molecule has 0 bridgehead atoms. The molecule has 2 aromatic rings. The summed E-state index contributed by atoms with van der Waals surface area (Å²) in [5.41, 5.74) is 2.22. The maximum absolute atomic E-state index is 11.7. The molecule has 0 heterocycles. The molecule has 0 aliphatic heterocycles. The first-order chi connectivity index (χ1) is 11.1. The van der Waals surface area contributed by atoms with Crippen molar-refractivity contribution in [1.82, 2.24) is 0 Å². The fourth-order valence-electron chi connectivity index (χ4n) is 2.75. The van der Waals surface area contributed by atoms with Crippen molar-refractivity contribution in [1.29, 1.82) is 0 Å². The topological polar surface area (TPSA) is 54.4 Å². The average molecular weight is 331 g/mol. The molecule has 0 radical (unpaired) electrons. The summed E-state index contributed by atoms with van der Waals surface area (Å²) in [7, 11) is 0. The number of hydrogen-bond acceptors (Lipinski definition) is 2. The predicted octanol–water partition coefficient (Wildman–Crippen LogP) is 4.11. The van der Waals surface area contributed by atoms with E-state index in [2.05, 4.69) is 0 Å². The average Bonchev–Trinajstić information content (AvgIpc) is 2.59. The molecule has 0 spiro atoms. The van der Waals surface area contributed by atoms with E-state index in [0.29, 0.717) is 6.42 Å². The fourth-order valence-corrected chi connectivity index (χ4v) is 2.93. The van der Waals surface area contributed by atoms with Crippen molar-refractivity contribution >= 4 is 23.4 Å². The van der Waals surface area contributed by atoms with E-state index in [4.69, 9.17) is 11.6 Å². The van der Waals surface area contributed by atoms with Crippen molar-refractivity contribution < 1.29 is 14.7 Å². The number of carbonyl (C=O) groups is 2. The summed E-state index contributed by atoms with van der Waals surface area (Å²) in [4.78, 5) is 23.0. The maximum atomic E-state index is 11.7. The molecule has 0 aliphatic carbocycles. The molecule has 0 saturated heterocycles. The molecule has 3 nitrogen and oxygen atoms in total. The van der Waals surface area contributed by atoms with E-state index in [0.717, 1.165) is 11.1 Å². The van der Waals surface area contributed by atoms with Gasteiger partial charge in [0.15, 0.2) is 5.78 Å². The van der Waals surface area contributed by atoms with Crippen molar-refractivity contribution in [2.75, 3.05) is 5.88 Å². The van der Waals surface area contributed by atoms with Gasteiger partial charge in [-0.25, -0.2) is 0 Å². The van der Waals surface area contributed by atoms with Crippen LogP contribution in [-0.2, 0) is 9.59 Å². The molecule has 0 aliphatic rings. The molecule has 23 heavy (non-hydrogen) atoms. The van der Waals surface area contributed by atoms with Crippen LogP contribution in [0.1, 0.15) is 29.9 Å². The number of alkyl halides is 1. The number of carboxylic acid groups (broad SMARTS) is 1. The minimum absolute atomic E-state index is 0.0578. The van der Waals surface area contributed by atoms with Crippen LogP contribution >= 0.6 is 11.6 Å². The van der Waals surface area contributed by atoms with Crippen molar-refractivity contribution in [3.05, 3.63) is 71.8 Å². The highest BCUT2D eigenvalue weighted by Gasteiger charge is 2.27. The molecule has 4 heteroatoms. The normalized spacial score (nSPS) is 12.1. The van der Waals surface area contributed by atoms with E-state index in [9.17, 15) is 14.7 Å². The molecule has 0 aromatic heterocycles. The fraction of sp³-hybridized carbons (Fsp3) is 0.263.